The van der Waals surface area contributed by atoms with Gasteiger partial charge in [-0.25, -0.2) is 0 Å². The summed E-state index contributed by atoms with van der Waals surface area (Å²) in [4.78, 5) is 2.52. The van der Waals surface area contributed by atoms with Crippen molar-refractivity contribution in [2.45, 2.75) is 45.4 Å². The number of aryl methyl sites for hydroxylation is 1. The van der Waals surface area contributed by atoms with E-state index in [0.29, 0.717) is 0 Å². The predicted molar refractivity (Wildman–Crippen MR) is 75.5 cm³/mol. The van der Waals surface area contributed by atoms with Gasteiger partial charge < -0.3 is 10.6 Å². The van der Waals surface area contributed by atoms with Gasteiger partial charge >= 0.3 is 0 Å². The Kier molecular flexibility index (Phi) is 4.29. The number of anilines is 2. The monoisotopic (exact) mass is 232 g/mol. The third-order valence-electron chi connectivity index (χ3n) is 3.61. The molecule has 1 aromatic rings. The molecule has 2 N–H and O–H groups in total. The normalized spacial score (nSPS) is 14.8. The Morgan fingerprint density at radius 2 is 2.12 bits per heavy atom. The number of nitrogens with zero attached hydrogens (tertiary/aromatic N) is 1. The molecule has 2 nitrogen and oxygen atoms in total. The standard InChI is InChI=1S/C15H24N2/c1-2-3-4-5-10-17-11-6-7-13-8-9-14(16)12-15(13)17/h8-9,12H,2-7,10-11,16H2,1H3. The van der Waals surface area contributed by atoms with Crippen LogP contribution in [0, 0.1) is 0 Å². The van der Waals surface area contributed by atoms with Crippen LogP contribution in [0.3, 0.4) is 0 Å². The van der Waals surface area contributed by atoms with Crippen LogP contribution in [0.15, 0.2) is 18.2 Å². The van der Waals surface area contributed by atoms with Crippen LogP contribution in [0.25, 0.3) is 0 Å². The lowest BCUT2D eigenvalue weighted by molar-refractivity contribution is 0.619. The maximum atomic E-state index is 5.89. The smallest absolute Gasteiger partial charge is 0.0419 e. The first-order valence-electron chi connectivity index (χ1n) is 6.94. The molecule has 0 aliphatic carbocycles. The van der Waals surface area contributed by atoms with Crippen LogP contribution in [-0.2, 0) is 6.42 Å². The van der Waals surface area contributed by atoms with E-state index in [4.69, 9.17) is 5.73 Å². The topological polar surface area (TPSA) is 29.3 Å². The quantitative estimate of drug-likeness (QED) is 0.621. The van der Waals surface area contributed by atoms with Gasteiger partial charge in [-0.05, 0) is 37.0 Å². The summed E-state index contributed by atoms with van der Waals surface area (Å²) in [7, 11) is 0. The maximum absolute atomic E-state index is 5.89. The number of hydrogen-bond donors (Lipinski definition) is 1. The Morgan fingerprint density at radius 1 is 1.24 bits per heavy atom. The third-order valence-corrected chi connectivity index (χ3v) is 3.61. The first-order valence-corrected chi connectivity index (χ1v) is 6.94. The SMILES string of the molecule is CCCCCCN1CCCc2ccc(N)cc21. The molecule has 0 aromatic heterocycles. The Balaban J connectivity index is 1.98. The van der Waals surface area contributed by atoms with E-state index in [2.05, 4.69) is 24.0 Å². The zero-order valence-electron chi connectivity index (χ0n) is 10.9. The lowest BCUT2D eigenvalue weighted by atomic mass is 10.0. The Hall–Kier alpha value is -1.18. The molecule has 0 saturated heterocycles. The van der Waals surface area contributed by atoms with Crippen LogP contribution in [-0.4, -0.2) is 13.1 Å². The molecule has 1 aliphatic heterocycles. The zero-order valence-corrected chi connectivity index (χ0v) is 10.9. The highest BCUT2D eigenvalue weighted by Crippen LogP contribution is 2.29. The van der Waals surface area contributed by atoms with E-state index in [0.717, 1.165) is 5.69 Å². The minimum Gasteiger partial charge on any atom is -0.399 e. The molecule has 2 rings (SSSR count). The Morgan fingerprint density at radius 3 is 2.94 bits per heavy atom. The molecule has 0 spiro atoms. The van der Waals surface area contributed by atoms with Crippen LogP contribution in [0.1, 0.15) is 44.6 Å². The molecule has 1 heterocycles. The largest absolute Gasteiger partial charge is 0.399 e. The molecule has 0 amide bonds. The van der Waals surface area contributed by atoms with Gasteiger partial charge in [-0.2, -0.15) is 0 Å². The Labute approximate surface area is 105 Å². The van der Waals surface area contributed by atoms with Crippen molar-refractivity contribution in [3.8, 4) is 0 Å². The van der Waals surface area contributed by atoms with Crippen molar-refractivity contribution in [2.75, 3.05) is 23.7 Å². The van der Waals surface area contributed by atoms with Gasteiger partial charge in [-0.3, -0.25) is 0 Å². The molecule has 0 fully saturated rings. The molecule has 2 heteroatoms. The fraction of sp³-hybridized carbons (Fsp3) is 0.600. The second kappa shape index (κ2) is 5.95. The van der Waals surface area contributed by atoms with Crippen molar-refractivity contribution in [3.63, 3.8) is 0 Å². The fourth-order valence-electron chi connectivity index (χ4n) is 2.63. The van der Waals surface area contributed by atoms with E-state index >= 15 is 0 Å². The molecule has 0 radical (unpaired) electrons. The molecule has 1 aliphatic rings. The summed E-state index contributed by atoms with van der Waals surface area (Å²) < 4.78 is 0. The summed E-state index contributed by atoms with van der Waals surface area (Å²) in [6.07, 6.45) is 7.82. The highest BCUT2D eigenvalue weighted by atomic mass is 15.1. The summed E-state index contributed by atoms with van der Waals surface area (Å²) in [5.74, 6) is 0. The van der Waals surface area contributed by atoms with Crippen molar-refractivity contribution in [2.24, 2.45) is 0 Å². The van der Waals surface area contributed by atoms with Crippen molar-refractivity contribution in [3.05, 3.63) is 23.8 Å². The fourth-order valence-corrected chi connectivity index (χ4v) is 2.63. The molecule has 0 bridgehead atoms. The minimum absolute atomic E-state index is 0.893. The second-order valence-electron chi connectivity index (χ2n) is 5.04. The Bertz CT molecular complexity index is 360. The molecule has 1 aromatic carbocycles. The van der Waals surface area contributed by atoms with Crippen LogP contribution in [0.5, 0.6) is 0 Å². The van der Waals surface area contributed by atoms with Crippen molar-refractivity contribution in [1.29, 1.82) is 0 Å². The predicted octanol–water partition coefficient (Wildman–Crippen LogP) is 3.60. The van der Waals surface area contributed by atoms with Crippen molar-refractivity contribution in [1.82, 2.24) is 0 Å². The van der Waals surface area contributed by atoms with Gasteiger partial charge in [0.25, 0.3) is 0 Å². The average molecular weight is 232 g/mol. The summed E-state index contributed by atoms with van der Waals surface area (Å²) in [6.45, 7) is 4.65. The summed E-state index contributed by atoms with van der Waals surface area (Å²) in [6, 6.07) is 6.37. The molecule has 0 atom stereocenters. The molecule has 0 unspecified atom stereocenters. The number of nitrogen functional groups attached to an aromatic ring is 1. The first kappa shape index (κ1) is 12.3. The number of nitrogens with two attached hydrogens (primary N) is 1. The molecular weight excluding hydrogens is 208 g/mol. The van der Waals surface area contributed by atoms with Crippen LogP contribution >= 0.6 is 0 Å². The minimum atomic E-state index is 0.893. The van der Waals surface area contributed by atoms with Gasteiger partial charge in [0.05, 0.1) is 0 Å². The molecule has 17 heavy (non-hydrogen) atoms. The zero-order chi connectivity index (χ0) is 12.1. The third kappa shape index (κ3) is 3.15. The van der Waals surface area contributed by atoms with Crippen molar-refractivity contribution >= 4 is 11.4 Å². The summed E-state index contributed by atoms with van der Waals surface area (Å²) >= 11 is 0. The summed E-state index contributed by atoms with van der Waals surface area (Å²) in [5.41, 5.74) is 9.64. The van der Waals surface area contributed by atoms with E-state index in [1.54, 1.807) is 0 Å². The average Bonchev–Trinajstić information content (AvgIpc) is 2.35. The van der Waals surface area contributed by atoms with Gasteiger partial charge in [-0.15, -0.1) is 0 Å². The van der Waals surface area contributed by atoms with Crippen LogP contribution in [0.2, 0.25) is 0 Å². The van der Waals surface area contributed by atoms with Crippen molar-refractivity contribution < 1.29 is 0 Å². The number of hydrogen-bond acceptors (Lipinski definition) is 2. The maximum Gasteiger partial charge on any atom is 0.0419 e. The van der Waals surface area contributed by atoms with Gasteiger partial charge in [0.1, 0.15) is 0 Å². The van der Waals surface area contributed by atoms with Gasteiger partial charge in [0.15, 0.2) is 0 Å². The van der Waals surface area contributed by atoms with E-state index in [1.807, 2.05) is 6.07 Å². The van der Waals surface area contributed by atoms with Crippen LogP contribution < -0.4 is 10.6 Å². The van der Waals surface area contributed by atoms with E-state index < -0.39 is 0 Å². The number of rotatable bonds is 5. The van der Waals surface area contributed by atoms with E-state index in [9.17, 15) is 0 Å². The lowest BCUT2D eigenvalue weighted by Gasteiger charge is -2.31. The van der Waals surface area contributed by atoms with E-state index in [-0.39, 0.29) is 0 Å². The second-order valence-corrected chi connectivity index (χ2v) is 5.04. The highest BCUT2D eigenvalue weighted by molar-refractivity contribution is 5.62. The molecule has 0 saturated carbocycles. The first-order chi connectivity index (χ1) is 8.31. The van der Waals surface area contributed by atoms with E-state index in [1.165, 1.54) is 62.9 Å². The van der Waals surface area contributed by atoms with Gasteiger partial charge in [0, 0.05) is 24.5 Å². The molecule has 94 valence electrons. The lowest BCUT2D eigenvalue weighted by Crippen LogP contribution is -2.30. The van der Waals surface area contributed by atoms with Gasteiger partial charge in [0.2, 0.25) is 0 Å². The summed E-state index contributed by atoms with van der Waals surface area (Å²) in [5, 5.41) is 0. The van der Waals surface area contributed by atoms with Crippen LogP contribution in [0.4, 0.5) is 11.4 Å². The van der Waals surface area contributed by atoms with Gasteiger partial charge in [-0.1, -0.05) is 32.3 Å². The number of fused-ring (bicyclic) bond motifs is 1. The number of unbranched alkanes of at least 4 members (excludes halogenated alkanes) is 3. The highest BCUT2D eigenvalue weighted by Gasteiger charge is 2.16. The number of benzene rings is 1. The molecular formula is C15H24N2.